The topological polar surface area (TPSA) is 42.0 Å². The molecule has 0 saturated carbocycles. The summed E-state index contributed by atoms with van der Waals surface area (Å²) in [6.07, 6.45) is 1.16. The molecule has 5 heteroatoms. The van der Waals surface area contributed by atoms with Gasteiger partial charge in [0.15, 0.2) is 0 Å². The molecule has 1 amide bonds. The van der Waals surface area contributed by atoms with Crippen molar-refractivity contribution in [1.29, 1.82) is 0 Å². The molecule has 1 fully saturated rings. The molecule has 1 aliphatic rings. The fourth-order valence-electron chi connectivity index (χ4n) is 2.06. The molecule has 0 aromatic rings. The lowest BCUT2D eigenvalue weighted by molar-refractivity contribution is -0.138. The molecule has 5 nitrogen and oxygen atoms in total. The summed E-state index contributed by atoms with van der Waals surface area (Å²) in [5.74, 6) is 0.0925. The first-order chi connectivity index (χ1) is 8.69. The van der Waals surface area contributed by atoms with Gasteiger partial charge in [0.1, 0.15) is 6.61 Å². The summed E-state index contributed by atoms with van der Waals surface area (Å²) in [6, 6.07) is 0.611. The average Bonchev–Trinajstić information content (AvgIpc) is 2.42. The molecule has 0 spiro atoms. The Hall–Kier alpha value is -0.650. The van der Waals surface area contributed by atoms with Crippen molar-refractivity contribution < 1.29 is 14.3 Å². The molecule has 0 radical (unpaired) electrons. The number of rotatable bonds is 7. The van der Waals surface area contributed by atoms with Crippen LogP contribution in [0.3, 0.4) is 0 Å². The van der Waals surface area contributed by atoms with Gasteiger partial charge >= 0.3 is 0 Å². The highest BCUT2D eigenvalue weighted by atomic mass is 16.5. The molecule has 1 heterocycles. The van der Waals surface area contributed by atoms with Crippen LogP contribution in [0.5, 0.6) is 0 Å². The van der Waals surface area contributed by atoms with Crippen LogP contribution in [0.25, 0.3) is 0 Å². The van der Waals surface area contributed by atoms with Gasteiger partial charge in [0, 0.05) is 39.3 Å². The SMILES string of the molecule is CCC(C)N1CCN(C(=O)COCCOC)CC1. The molecule has 1 atom stereocenters. The van der Waals surface area contributed by atoms with E-state index in [1.54, 1.807) is 7.11 Å². The minimum atomic E-state index is 0.0925. The minimum Gasteiger partial charge on any atom is -0.382 e. The summed E-state index contributed by atoms with van der Waals surface area (Å²) in [5.41, 5.74) is 0. The number of carbonyl (C=O) groups excluding carboxylic acids is 1. The van der Waals surface area contributed by atoms with E-state index in [0.29, 0.717) is 19.3 Å². The smallest absolute Gasteiger partial charge is 0.248 e. The van der Waals surface area contributed by atoms with Gasteiger partial charge < -0.3 is 14.4 Å². The quantitative estimate of drug-likeness (QED) is 0.627. The van der Waals surface area contributed by atoms with Gasteiger partial charge in [0.25, 0.3) is 0 Å². The first-order valence-corrected chi connectivity index (χ1v) is 6.77. The summed E-state index contributed by atoms with van der Waals surface area (Å²) in [4.78, 5) is 16.2. The molecule has 0 N–H and O–H groups in total. The second-order valence-electron chi connectivity index (χ2n) is 4.72. The second-order valence-corrected chi connectivity index (χ2v) is 4.72. The zero-order valence-corrected chi connectivity index (χ0v) is 11.9. The Morgan fingerprint density at radius 2 is 1.89 bits per heavy atom. The Bertz CT molecular complexity index is 240. The third-order valence-electron chi connectivity index (χ3n) is 3.54. The lowest BCUT2D eigenvalue weighted by atomic mass is 10.2. The van der Waals surface area contributed by atoms with Gasteiger partial charge in [-0.25, -0.2) is 0 Å². The number of hydrogen-bond acceptors (Lipinski definition) is 4. The van der Waals surface area contributed by atoms with Crippen molar-refractivity contribution in [3.63, 3.8) is 0 Å². The highest BCUT2D eigenvalue weighted by Gasteiger charge is 2.22. The van der Waals surface area contributed by atoms with Gasteiger partial charge in [-0.3, -0.25) is 9.69 Å². The molecule has 0 aliphatic carbocycles. The molecule has 0 bridgehead atoms. The van der Waals surface area contributed by atoms with Crippen molar-refractivity contribution in [2.75, 3.05) is 53.1 Å². The second kappa shape index (κ2) is 8.45. The van der Waals surface area contributed by atoms with Crippen molar-refractivity contribution in [3.05, 3.63) is 0 Å². The fraction of sp³-hybridized carbons (Fsp3) is 0.923. The van der Waals surface area contributed by atoms with Gasteiger partial charge in [-0.2, -0.15) is 0 Å². The Balaban J connectivity index is 2.19. The fourth-order valence-corrected chi connectivity index (χ4v) is 2.06. The summed E-state index contributed by atoms with van der Waals surface area (Å²) in [7, 11) is 1.62. The van der Waals surface area contributed by atoms with Crippen LogP contribution < -0.4 is 0 Å². The van der Waals surface area contributed by atoms with Crippen LogP contribution in [-0.2, 0) is 14.3 Å². The van der Waals surface area contributed by atoms with E-state index >= 15 is 0 Å². The molecule has 1 saturated heterocycles. The zero-order valence-electron chi connectivity index (χ0n) is 11.9. The van der Waals surface area contributed by atoms with Gasteiger partial charge in [0.2, 0.25) is 5.91 Å². The third-order valence-corrected chi connectivity index (χ3v) is 3.54. The lowest BCUT2D eigenvalue weighted by Crippen LogP contribution is -2.52. The Kier molecular flexibility index (Phi) is 7.23. The van der Waals surface area contributed by atoms with Crippen molar-refractivity contribution in [2.45, 2.75) is 26.3 Å². The van der Waals surface area contributed by atoms with Crippen LogP contribution in [0.2, 0.25) is 0 Å². The van der Waals surface area contributed by atoms with Gasteiger partial charge in [0.05, 0.1) is 13.2 Å². The van der Waals surface area contributed by atoms with Crippen molar-refractivity contribution in [2.24, 2.45) is 0 Å². The Labute approximate surface area is 110 Å². The molecule has 106 valence electrons. The molecule has 18 heavy (non-hydrogen) atoms. The van der Waals surface area contributed by atoms with Crippen LogP contribution in [0.1, 0.15) is 20.3 Å². The first-order valence-electron chi connectivity index (χ1n) is 6.77. The van der Waals surface area contributed by atoms with Crippen LogP contribution in [0, 0.1) is 0 Å². The van der Waals surface area contributed by atoms with E-state index in [1.807, 2.05) is 4.90 Å². The number of ether oxygens (including phenoxy) is 2. The number of methoxy groups -OCH3 is 1. The number of amides is 1. The molecule has 1 rings (SSSR count). The van der Waals surface area contributed by atoms with Crippen molar-refractivity contribution in [1.82, 2.24) is 9.80 Å². The van der Waals surface area contributed by atoms with Gasteiger partial charge in [-0.1, -0.05) is 6.92 Å². The number of piperazine rings is 1. The van der Waals surface area contributed by atoms with E-state index in [0.717, 1.165) is 32.6 Å². The van der Waals surface area contributed by atoms with E-state index in [-0.39, 0.29) is 12.5 Å². The predicted molar refractivity (Wildman–Crippen MR) is 70.6 cm³/mol. The maximum Gasteiger partial charge on any atom is 0.248 e. The molecule has 1 unspecified atom stereocenters. The number of hydrogen-bond donors (Lipinski definition) is 0. The average molecular weight is 258 g/mol. The molecule has 1 aliphatic heterocycles. The third kappa shape index (κ3) is 4.92. The molecule has 0 aromatic carbocycles. The number of nitrogens with zero attached hydrogens (tertiary/aromatic N) is 2. The van der Waals surface area contributed by atoms with E-state index in [4.69, 9.17) is 9.47 Å². The van der Waals surface area contributed by atoms with Crippen LogP contribution in [0.4, 0.5) is 0 Å². The maximum absolute atomic E-state index is 11.8. The predicted octanol–water partition coefficient (Wildman–Crippen LogP) is 0.592. The summed E-state index contributed by atoms with van der Waals surface area (Å²) in [6.45, 7) is 9.21. The van der Waals surface area contributed by atoms with Crippen LogP contribution in [0.15, 0.2) is 0 Å². The first kappa shape index (κ1) is 15.4. The van der Waals surface area contributed by atoms with E-state index in [9.17, 15) is 4.79 Å². The van der Waals surface area contributed by atoms with Gasteiger partial charge in [-0.15, -0.1) is 0 Å². The standard InChI is InChI=1S/C13H26N2O3/c1-4-12(2)14-5-7-15(8-6-14)13(16)11-18-10-9-17-3/h12H,4-11H2,1-3H3. The lowest BCUT2D eigenvalue weighted by Gasteiger charge is -2.37. The maximum atomic E-state index is 11.8. The molecular formula is C13H26N2O3. The van der Waals surface area contributed by atoms with Crippen LogP contribution >= 0.6 is 0 Å². The summed E-state index contributed by atoms with van der Waals surface area (Å²) < 4.78 is 10.1. The van der Waals surface area contributed by atoms with E-state index in [1.165, 1.54) is 0 Å². The van der Waals surface area contributed by atoms with Crippen LogP contribution in [-0.4, -0.2) is 74.9 Å². The monoisotopic (exact) mass is 258 g/mol. The largest absolute Gasteiger partial charge is 0.382 e. The van der Waals surface area contributed by atoms with E-state index < -0.39 is 0 Å². The van der Waals surface area contributed by atoms with Crippen molar-refractivity contribution >= 4 is 5.91 Å². The highest BCUT2D eigenvalue weighted by Crippen LogP contribution is 2.08. The Morgan fingerprint density at radius 1 is 1.22 bits per heavy atom. The summed E-state index contributed by atoms with van der Waals surface area (Å²) >= 11 is 0. The Morgan fingerprint density at radius 3 is 2.44 bits per heavy atom. The molecular weight excluding hydrogens is 232 g/mol. The highest BCUT2D eigenvalue weighted by molar-refractivity contribution is 5.77. The summed E-state index contributed by atoms with van der Waals surface area (Å²) in [5, 5.41) is 0. The van der Waals surface area contributed by atoms with Gasteiger partial charge in [-0.05, 0) is 13.3 Å². The minimum absolute atomic E-state index is 0.0925. The zero-order chi connectivity index (χ0) is 13.4. The number of carbonyl (C=O) groups is 1. The van der Waals surface area contributed by atoms with Crippen molar-refractivity contribution in [3.8, 4) is 0 Å². The van der Waals surface area contributed by atoms with E-state index in [2.05, 4.69) is 18.7 Å². The molecule has 0 aromatic heterocycles. The normalized spacial score (nSPS) is 18.9.